The Hall–Kier alpha value is -2.62. The molecule has 2 aromatic carbocycles. The summed E-state index contributed by atoms with van der Waals surface area (Å²) >= 11 is 0. The first-order chi connectivity index (χ1) is 10.2. The molecule has 1 N–H and O–H groups in total. The van der Waals surface area contributed by atoms with Crippen LogP contribution in [0.5, 0.6) is 0 Å². The molecule has 1 aliphatic rings. The average molecular weight is 278 g/mol. The van der Waals surface area contributed by atoms with Gasteiger partial charge in [-0.25, -0.2) is 9.78 Å². The molecule has 0 saturated carbocycles. The number of fused-ring (bicyclic) bond motifs is 2. The summed E-state index contributed by atoms with van der Waals surface area (Å²) in [5, 5.41) is 9.05. The minimum absolute atomic E-state index is 0.280. The van der Waals surface area contributed by atoms with Crippen molar-refractivity contribution in [1.82, 2.24) is 9.55 Å². The zero-order valence-electron chi connectivity index (χ0n) is 11.4. The molecule has 0 atom stereocenters. The number of carboxylic acid groups (broad SMARTS) is 1. The molecule has 4 heteroatoms. The van der Waals surface area contributed by atoms with E-state index in [1.54, 1.807) is 12.1 Å². The SMILES string of the molecule is O=C(O)c1ccc2c(c1)ncn2C1Cc2ccccc2C1. The molecule has 0 fully saturated rings. The fourth-order valence-electron chi connectivity index (χ4n) is 3.19. The van der Waals surface area contributed by atoms with E-state index >= 15 is 0 Å². The molecule has 0 amide bonds. The Labute approximate surface area is 121 Å². The lowest BCUT2D eigenvalue weighted by molar-refractivity contribution is 0.0697. The number of carbonyl (C=O) groups is 1. The van der Waals surface area contributed by atoms with Gasteiger partial charge in [0.1, 0.15) is 0 Å². The molecule has 3 aromatic rings. The van der Waals surface area contributed by atoms with Crippen molar-refractivity contribution >= 4 is 17.0 Å². The molecular formula is C17H14N2O2. The van der Waals surface area contributed by atoms with Crippen molar-refractivity contribution in [2.24, 2.45) is 0 Å². The number of hydrogen-bond donors (Lipinski definition) is 1. The van der Waals surface area contributed by atoms with E-state index in [0.717, 1.165) is 23.9 Å². The van der Waals surface area contributed by atoms with Crippen LogP contribution in [-0.4, -0.2) is 20.6 Å². The summed E-state index contributed by atoms with van der Waals surface area (Å²) < 4.78 is 2.17. The molecular weight excluding hydrogens is 264 g/mol. The van der Waals surface area contributed by atoms with Crippen molar-refractivity contribution in [3.8, 4) is 0 Å². The van der Waals surface area contributed by atoms with Crippen LogP contribution in [0.3, 0.4) is 0 Å². The highest BCUT2D eigenvalue weighted by atomic mass is 16.4. The maximum atomic E-state index is 11.0. The number of hydrogen-bond acceptors (Lipinski definition) is 2. The molecule has 104 valence electrons. The van der Waals surface area contributed by atoms with Crippen molar-refractivity contribution in [3.05, 3.63) is 65.5 Å². The van der Waals surface area contributed by atoms with Crippen molar-refractivity contribution < 1.29 is 9.90 Å². The highest BCUT2D eigenvalue weighted by molar-refractivity contribution is 5.92. The van der Waals surface area contributed by atoms with Crippen LogP contribution in [-0.2, 0) is 12.8 Å². The number of nitrogens with zero attached hydrogens (tertiary/aromatic N) is 2. The van der Waals surface area contributed by atoms with E-state index in [1.165, 1.54) is 11.1 Å². The molecule has 4 nitrogen and oxygen atoms in total. The maximum absolute atomic E-state index is 11.0. The predicted molar refractivity (Wildman–Crippen MR) is 79.6 cm³/mol. The minimum Gasteiger partial charge on any atom is -0.478 e. The molecule has 1 aromatic heterocycles. The first-order valence-corrected chi connectivity index (χ1v) is 6.99. The zero-order chi connectivity index (χ0) is 14.4. The van der Waals surface area contributed by atoms with Gasteiger partial charge in [0.05, 0.1) is 22.9 Å². The van der Waals surface area contributed by atoms with E-state index in [4.69, 9.17) is 5.11 Å². The third kappa shape index (κ3) is 1.91. The maximum Gasteiger partial charge on any atom is 0.335 e. The van der Waals surface area contributed by atoms with Gasteiger partial charge in [0, 0.05) is 6.04 Å². The Kier molecular flexibility index (Phi) is 2.57. The monoisotopic (exact) mass is 278 g/mol. The van der Waals surface area contributed by atoms with Crippen LogP contribution in [0, 0.1) is 0 Å². The zero-order valence-corrected chi connectivity index (χ0v) is 11.4. The minimum atomic E-state index is -0.917. The highest BCUT2D eigenvalue weighted by Gasteiger charge is 2.23. The molecule has 0 unspecified atom stereocenters. The Bertz CT molecular complexity index is 826. The number of aromatic nitrogens is 2. The van der Waals surface area contributed by atoms with Gasteiger partial charge in [-0.1, -0.05) is 24.3 Å². The third-order valence-electron chi connectivity index (χ3n) is 4.24. The van der Waals surface area contributed by atoms with Gasteiger partial charge in [-0.2, -0.15) is 0 Å². The van der Waals surface area contributed by atoms with Gasteiger partial charge in [0.15, 0.2) is 0 Å². The lowest BCUT2D eigenvalue weighted by Gasteiger charge is -2.12. The quantitative estimate of drug-likeness (QED) is 0.783. The van der Waals surface area contributed by atoms with Gasteiger partial charge in [-0.05, 0) is 42.2 Å². The standard InChI is InChI=1S/C17H14N2O2/c20-17(21)13-5-6-16-15(9-13)18-10-19(16)14-7-11-3-1-2-4-12(11)8-14/h1-6,9-10,14H,7-8H2,(H,20,21). The molecule has 21 heavy (non-hydrogen) atoms. The molecule has 0 saturated heterocycles. The van der Waals surface area contributed by atoms with E-state index in [0.29, 0.717) is 6.04 Å². The fraction of sp³-hybridized carbons (Fsp3) is 0.176. The second-order valence-corrected chi connectivity index (χ2v) is 5.49. The topological polar surface area (TPSA) is 55.1 Å². The molecule has 1 aliphatic carbocycles. The Morgan fingerprint density at radius 3 is 2.52 bits per heavy atom. The summed E-state index contributed by atoms with van der Waals surface area (Å²) in [7, 11) is 0. The van der Waals surface area contributed by atoms with Gasteiger partial charge in [-0.15, -0.1) is 0 Å². The number of rotatable bonds is 2. The van der Waals surface area contributed by atoms with Crippen molar-refractivity contribution in [2.45, 2.75) is 18.9 Å². The normalized spacial score (nSPS) is 14.5. The van der Waals surface area contributed by atoms with Gasteiger partial charge >= 0.3 is 5.97 Å². The summed E-state index contributed by atoms with van der Waals surface area (Å²) in [4.78, 5) is 15.4. The molecule has 0 radical (unpaired) electrons. The van der Waals surface area contributed by atoms with Gasteiger partial charge < -0.3 is 9.67 Å². The summed E-state index contributed by atoms with van der Waals surface area (Å²) in [6, 6.07) is 14.0. The first kappa shape index (κ1) is 12.1. The largest absolute Gasteiger partial charge is 0.478 e. The van der Waals surface area contributed by atoms with Gasteiger partial charge in [-0.3, -0.25) is 0 Å². The van der Waals surface area contributed by atoms with Crippen molar-refractivity contribution in [3.63, 3.8) is 0 Å². The van der Waals surface area contributed by atoms with Crippen LogP contribution in [0.2, 0.25) is 0 Å². The van der Waals surface area contributed by atoms with Crippen LogP contribution in [0.1, 0.15) is 27.5 Å². The van der Waals surface area contributed by atoms with E-state index < -0.39 is 5.97 Å². The molecule has 4 rings (SSSR count). The Morgan fingerprint density at radius 1 is 1.14 bits per heavy atom. The van der Waals surface area contributed by atoms with Crippen molar-refractivity contribution in [2.75, 3.05) is 0 Å². The van der Waals surface area contributed by atoms with Crippen LogP contribution < -0.4 is 0 Å². The first-order valence-electron chi connectivity index (χ1n) is 6.99. The third-order valence-corrected chi connectivity index (χ3v) is 4.24. The summed E-state index contributed by atoms with van der Waals surface area (Å²) in [5.74, 6) is -0.917. The number of benzene rings is 2. The number of imidazole rings is 1. The van der Waals surface area contributed by atoms with E-state index in [-0.39, 0.29) is 5.56 Å². The second-order valence-electron chi connectivity index (χ2n) is 5.49. The second kappa shape index (κ2) is 4.45. The van der Waals surface area contributed by atoms with Crippen molar-refractivity contribution in [1.29, 1.82) is 0 Å². The van der Waals surface area contributed by atoms with Crippen LogP contribution in [0.4, 0.5) is 0 Å². The van der Waals surface area contributed by atoms with Gasteiger partial charge in [0.2, 0.25) is 0 Å². The summed E-state index contributed by atoms with van der Waals surface area (Å²) in [5.41, 5.74) is 4.81. The number of aromatic carboxylic acids is 1. The summed E-state index contributed by atoms with van der Waals surface area (Å²) in [6.07, 6.45) is 3.83. The lowest BCUT2D eigenvalue weighted by Crippen LogP contribution is -2.07. The van der Waals surface area contributed by atoms with Gasteiger partial charge in [0.25, 0.3) is 0 Å². The molecule has 0 aliphatic heterocycles. The van der Waals surface area contributed by atoms with Crippen LogP contribution in [0.25, 0.3) is 11.0 Å². The smallest absolute Gasteiger partial charge is 0.335 e. The van der Waals surface area contributed by atoms with Crippen LogP contribution in [0.15, 0.2) is 48.8 Å². The molecule has 0 bridgehead atoms. The van der Waals surface area contributed by atoms with E-state index in [9.17, 15) is 4.79 Å². The Balaban J connectivity index is 1.74. The van der Waals surface area contributed by atoms with E-state index in [2.05, 4.69) is 33.8 Å². The molecule has 1 heterocycles. The summed E-state index contributed by atoms with van der Waals surface area (Å²) in [6.45, 7) is 0. The highest BCUT2D eigenvalue weighted by Crippen LogP contribution is 2.32. The van der Waals surface area contributed by atoms with E-state index in [1.807, 2.05) is 12.4 Å². The van der Waals surface area contributed by atoms with Crippen LogP contribution >= 0.6 is 0 Å². The lowest BCUT2D eigenvalue weighted by atomic mass is 10.1. The average Bonchev–Trinajstić information content (AvgIpc) is 3.09. The molecule has 0 spiro atoms. The fourth-order valence-corrected chi connectivity index (χ4v) is 3.19. The Morgan fingerprint density at radius 2 is 1.86 bits per heavy atom. The number of carboxylic acids is 1. The predicted octanol–water partition coefficient (Wildman–Crippen LogP) is 3.07.